The van der Waals surface area contributed by atoms with Crippen molar-refractivity contribution in [1.82, 2.24) is 25.4 Å². The van der Waals surface area contributed by atoms with Crippen molar-refractivity contribution in [3.05, 3.63) is 39.9 Å². The molecule has 0 aliphatic carbocycles. The van der Waals surface area contributed by atoms with E-state index in [1.807, 2.05) is 6.92 Å². The van der Waals surface area contributed by atoms with Crippen LogP contribution >= 0.6 is 23.2 Å². The Bertz CT molecular complexity index is 740. The number of carbonyl (C=O) groups excluding carboxylic acids is 2. The molecule has 1 aromatic heterocycles. The number of amides is 2. The van der Waals surface area contributed by atoms with Crippen LogP contribution in [0, 0.1) is 0 Å². The Morgan fingerprint density at radius 2 is 1.79 bits per heavy atom. The number of halogens is 2. The quantitative estimate of drug-likeness (QED) is 0.762. The van der Waals surface area contributed by atoms with E-state index in [0.717, 1.165) is 0 Å². The maximum atomic E-state index is 12.1. The van der Waals surface area contributed by atoms with Gasteiger partial charge >= 0.3 is 0 Å². The molecule has 2 aromatic rings. The molecule has 128 valence electrons. The zero-order chi connectivity index (χ0) is 17.7. The van der Waals surface area contributed by atoms with Gasteiger partial charge in [-0.05, 0) is 12.1 Å². The summed E-state index contributed by atoms with van der Waals surface area (Å²) < 4.78 is 1.48. The first-order valence-corrected chi connectivity index (χ1v) is 8.12. The zero-order valence-corrected chi connectivity index (χ0v) is 14.8. The molecule has 0 unspecified atom stereocenters. The SMILES string of the molecule is CCc1nc(C(=O)NCCNC(C)=O)nn1-c1c(Cl)cccc1Cl. The van der Waals surface area contributed by atoms with E-state index in [4.69, 9.17) is 23.2 Å². The van der Waals surface area contributed by atoms with Crippen molar-refractivity contribution in [2.24, 2.45) is 0 Å². The number of hydrogen-bond donors (Lipinski definition) is 2. The Balaban J connectivity index is 2.21. The fraction of sp³-hybridized carbons (Fsp3) is 0.333. The third-order valence-electron chi connectivity index (χ3n) is 3.13. The Kier molecular flexibility index (Phi) is 6.16. The van der Waals surface area contributed by atoms with Gasteiger partial charge in [-0.15, -0.1) is 5.10 Å². The average Bonchev–Trinajstić information content (AvgIpc) is 2.95. The molecule has 0 radical (unpaired) electrons. The Morgan fingerprint density at radius 1 is 1.17 bits per heavy atom. The van der Waals surface area contributed by atoms with Crippen LogP contribution in [0.1, 0.15) is 30.3 Å². The summed E-state index contributed by atoms with van der Waals surface area (Å²) in [4.78, 5) is 27.2. The van der Waals surface area contributed by atoms with Crippen molar-refractivity contribution in [3.63, 3.8) is 0 Å². The Morgan fingerprint density at radius 3 is 2.38 bits per heavy atom. The average molecular weight is 370 g/mol. The second kappa shape index (κ2) is 8.12. The number of para-hydroxylation sites is 1. The predicted octanol–water partition coefficient (Wildman–Crippen LogP) is 2.00. The summed E-state index contributed by atoms with van der Waals surface area (Å²) in [5.74, 6) is -0.00654. The van der Waals surface area contributed by atoms with Crippen LogP contribution in [0.15, 0.2) is 18.2 Å². The molecule has 9 heteroatoms. The normalized spacial score (nSPS) is 10.5. The Hall–Kier alpha value is -2.12. The number of carbonyl (C=O) groups is 2. The van der Waals surface area contributed by atoms with Gasteiger partial charge in [-0.25, -0.2) is 9.67 Å². The summed E-state index contributed by atoms with van der Waals surface area (Å²) in [5, 5.41) is 10.3. The molecule has 0 spiro atoms. The molecule has 0 saturated heterocycles. The number of rotatable bonds is 6. The fourth-order valence-electron chi connectivity index (χ4n) is 2.03. The summed E-state index contributed by atoms with van der Waals surface area (Å²) in [6.45, 7) is 3.91. The van der Waals surface area contributed by atoms with Crippen LogP contribution in [0.5, 0.6) is 0 Å². The van der Waals surface area contributed by atoms with E-state index >= 15 is 0 Å². The molecule has 0 saturated carbocycles. The minimum Gasteiger partial charge on any atom is -0.355 e. The van der Waals surface area contributed by atoms with Crippen LogP contribution in [0.4, 0.5) is 0 Å². The largest absolute Gasteiger partial charge is 0.355 e. The highest BCUT2D eigenvalue weighted by molar-refractivity contribution is 6.37. The first-order chi connectivity index (χ1) is 11.4. The number of aryl methyl sites for hydroxylation is 1. The molecule has 0 aliphatic heterocycles. The number of hydrogen-bond acceptors (Lipinski definition) is 4. The zero-order valence-electron chi connectivity index (χ0n) is 13.3. The van der Waals surface area contributed by atoms with Gasteiger partial charge in [-0.3, -0.25) is 9.59 Å². The summed E-state index contributed by atoms with van der Waals surface area (Å²) in [6.07, 6.45) is 0.549. The number of nitrogens with one attached hydrogen (secondary N) is 2. The van der Waals surface area contributed by atoms with Crippen LogP contribution in [0.3, 0.4) is 0 Å². The van der Waals surface area contributed by atoms with E-state index in [9.17, 15) is 9.59 Å². The van der Waals surface area contributed by atoms with E-state index in [0.29, 0.717) is 34.5 Å². The van der Waals surface area contributed by atoms with Crippen molar-refractivity contribution < 1.29 is 9.59 Å². The van der Waals surface area contributed by atoms with Gasteiger partial charge in [-0.1, -0.05) is 36.2 Å². The highest BCUT2D eigenvalue weighted by atomic mass is 35.5. The molecule has 2 rings (SSSR count). The molecule has 2 N–H and O–H groups in total. The molecule has 24 heavy (non-hydrogen) atoms. The van der Waals surface area contributed by atoms with Crippen LogP contribution in [-0.2, 0) is 11.2 Å². The molecular weight excluding hydrogens is 353 g/mol. The molecular formula is C15H17Cl2N5O2. The van der Waals surface area contributed by atoms with Gasteiger partial charge in [-0.2, -0.15) is 0 Å². The van der Waals surface area contributed by atoms with Gasteiger partial charge in [0.15, 0.2) is 0 Å². The monoisotopic (exact) mass is 369 g/mol. The molecule has 1 aromatic carbocycles. The van der Waals surface area contributed by atoms with Crippen molar-refractivity contribution >= 4 is 35.0 Å². The lowest BCUT2D eigenvalue weighted by atomic mass is 10.3. The van der Waals surface area contributed by atoms with E-state index in [1.165, 1.54) is 11.6 Å². The number of aromatic nitrogens is 3. The molecule has 0 fully saturated rings. The smallest absolute Gasteiger partial charge is 0.291 e. The molecule has 0 bridgehead atoms. The van der Waals surface area contributed by atoms with Crippen molar-refractivity contribution in [2.75, 3.05) is 13.1 Å². The standard InChI is InChI=1S/C15H17Cl2N5O2/c1-3-12-20-14(15(24)19-8-7-18-9(2)23)21-22(12)13-10(16)5-4-6-11(13)17/h4-6H,3,7-8H2,1-2H3,(H,18,23)(H,19,24). The lowest BCUT2D eigenvalue weighted by Gasteiger charge is -2.08. The maximum Gasteiger partial charge on any atom is 0.291 e. The first kappa shape index (κ1) is 18.2. The second-order valence-corrected chi connectivity index (χ2v) is 5.74. The van der Waals surface area contributed by atoms with E-state index in [1.54, 1.807) is 18.2 Å². The van der Waals surface area contributed by atoms with Crippen molar-refractivity contribution in [3.8, 4) is 5.69 Å². The molecule has 2 amide bonds. The minimum atomic E-state index is -0.433. The summed E-state index contributed by atoms with van der Waals surface area (Å²) in [6, 6.07) is 5.11. The van der Waals surface area contributed by atoms with E-state index in [2.05, 4.69) is 20.7 Å². The number of benzene rings is 1. The van der Waals surface area contributed by atoms with Gasteiger partial charge in [0.05, 0.1) is 10.0 Å². The second-order valence-electron chi connectivity index (χ2n) is 4.93. The van der Waals surface area contributed by atoms with Crippen LogP contribution in [-0.4, -0.2) is 39.7 Å². The fourth-order valence-corrected chi connectivity index (χ4v) is 2.59. The van der Waals surface area contributed by atoms with E-state index in [-0.39, 0.29) is 18.3 Å². The third kappa shape index (κ3) is 4.24. The van der Waals surface area contributed by atoms with Gasteiger partial charge in [0.2, 0.25) is 11.7 Å². The van der Waals surface area contributed by atoms with Gasteiger partial charge in [0.25, 0.3) is 5.91 Å². The molecule has 7 nitrogen and oxygen atoms in total. The van der Waals surface area contributed by atoms with Crippen molar-refractivity contribution in [2.45, 2.75) is 20.3 Å². The van der Waals surface area contributed by atoms with Crippen LogP contribution in [0.25, 0.3) is 5.69 Å². The summed E-state index contributed by atoms with van der Waals surface area (Å²) in [5.41, 5.74) is 0.488. The lowest BCUT2D eigenvalue weighted by Crippen LogP contribution is -2.34. The Labute approximate surface area is 149 Å². The van der Waals surface area contributed by atoms with Crippen LogP contribution in [0.2, 0.25) is 10.0 Å². The number of nitrogens with zero attached hydrogens (tertiary/aromatic N) is 3. The minimum absolute atomic E-state index is 0.0191. The van der Waals surface area contributed by atoms with E-state index < -0.39 is 5.91 Å². The topological polar surface area (TPSA) is 88.9 Å². The summed E-state index contributed by atoms with van der Waals surface area (Å²) >= 11 is 12.4. The van der Waals surface area contributed by atoms with Gasteiger partial charge in [0, 0.05) is 26.4 Å². The van der Waals surface area contributed by atoms with Crippen LogP contribution < -0.4 is 10.6 Å². The highest BCUT2D eigenvalue weighted by Crippen LogP contribution is 2.28. The maximum absolute atomic E-state index is 12.1. The molecule has 1 heterocycles. The van der Waals surface area contributed by atoms with Gasteiger partial charge < -0.3 is 10.6 Å². The predicted molar refractivity (Wildman–Crippen MR) is 91.8 cm³/mol. The molecule has 0 aliphatic rings. The van der Waals surface area contributed by atoms with Gasteiger partial charge in [0.1, 0.15) is 11.5 Å². The van der Waals surface area contributed by atoms with Crippen molar-refractivity contribution in [1.29, 1.82) is 0 Å². The lowest BCUT2D eigenvalue weighted by molar-refractivity contribution is -0.118. The first-order valence-electron chi connectivity index (χ1n) is 7.37. The molecule has 0 atom stereocenters. The summed E-state index contributed by atoms with van der Waals surface area (Å²) in [7, 11) is 0. The third-order valence-corrected chi connectivity index (χ3v) is 3.74. The highest BCUT2D eigenvalue weighted by Gasteiger charge is 2.19.